The van der Waals surface area contributed by atoms with Crippen molar-refractivity contribution in [1.82, 2.24) is 14.7 Å². The molecule has 7 nitrogen and oxygen atoms in total. The third kappa shape index (κ3) is 3.92. The zero-order chi connectivity index (χ0) is 20.5. The topological polar surface area (TPSA) is 72.5 Å². The molecular weight excluding hydrogens is 404 g/mol. The molecule has 1 aromatic carbocycles. The van der Waals surface area contributed by atoms with Crippen molar-refractivity contribution in [3.8, 4) is 11.3 Å². The maximum atomic E-state index is 12.3. The quantitative estimate of drug-likeness (QED) is 0.633. The number of aromatic nitrogens is 2. The molecule has 1 N–H and O–H groups in total. The number of halogens is 1. The number of hydrogen-bond acceptors (Lipinski definition) is 5. The Morgan fingerprint density at radius 3 is 2.90 bits per heavy atom. The van der Waals surface area contributed by atoms with Gasteiger partial charge in [-0.1, -0.05) is 11.6 Å². The predicted octanol–water partition coefficient (Wildman–Crippen LogP) is 3.62. The molecule has 0 bridgehead atoms. The lowest BCUT2D eigenvalue weighted by Crippen LogP contribution is -2.38. The monoisotopic (exact) mass is 424 g/mol. The van der Waals surface area contributed by atoms with Crippen LogP contribution in [0, 0.1) is 0 Å². The van der Waals surface area contributed by atoms with Crippen LogP contribution in [0.4, 0.5) is 5.69 Å². The van der Waals surface area contributed by atoms with E-state index in [2.05, 4.69) is 15.3 Å². The van der Waals surface area contributed by atoms with Gasteiger partial charge in [-0.25, -0.2) is 0 Å². The SMILES string of the molecule is O=C1Nc2ccc(Cl)cc2C1=Cc1ccc(-c2cnn(CCN3CCOCC3)c2)o1. The van der Waals surface area contributed by atoms with Crippen LogP contribution in [-0.2, 0) is 16.1 Å². The molecular formula is C22H21ClN4O3. The van der Waals surface area contributed by atoms with Crippen molar-refractivity contribution in [2.75, 3.05) is 38.2 Å². The molecule has 4 heterocycles. The summed E-state index contributed by atoms with van der Waals surface area (Å²) in [5, 5.41) is 7.87. The molecule has 8 heteroatoms. The minimum atomic E-state index is -0.166. The Bertz CT molecular complexity index is 1110. The molecule has 2 aliphatic rings. The third-order valence-electron chi connectivity index (χ3n) is 5.34. The summed E-state index contributed by atoms with van der Waals surface area (Å²) in [5.41, 5.74) is 2.97. The van der Waals surface area contributed by atoms with E-state index in [0.29, 0.717) is 22.1 Å². The summed E-state index contributed by atoms with van der Waals surface area (Å²) in [7, 11) is 0. The normalized spacial score (nSPS) is 18.0. The fourth-order valence-electron chi connectivity index (χ4n) is 3.71. The van der Waals surface area contributed by atoms with Gasteiger partial charge in [0.1, 0.15) is 11.5 Å². The number of nitrogens with one attached hydrogen (secondary N) is 1. The maximum absolute atomic E-state index is 12.3. The van der Waals surface area contributed by atoms with Gasteiger partial charge < -0.3 is 14.5 Å². The lowest BCUT2D eigenvalue weighted by molar-refractivity contribution is -0.110. The molecule has 0 saturated carbocycles. The smallest absolute Gasteiger partial charge is 0.256 e. The van der Waals surface area contributed by atoms with E-state index in [4.69, 9.17) is 20.8 Å². The van der Waals surface area contributed by atoms with E-state index in [1.807, 2.05) is 23.0 Å². The second kappa shape index (κ2) is 8.10. The Balaban J connectivity index is 1.31. The molecule has 0 radical (unpaired) electrons. The van der Waals surface area contributed by atoms with Gasteiger partial charge in [0.2, 0.25) is 0 Å². The molecule has 0 aliphatic carbocycles. The second-order valence-corrected chi connectivity index (χ2v) is 7.79. The van der Waals surface area contributed by atoms with Crippen molar-refractivity contribution < 1.29 is 13.9 Å². The first-order chi connectivity index (χ1) is 14.7. The minimum absolute atomic E-state index is 0.166. The highest BCUT2D eigenvalue weighted by atomic mass is 35.5. The summed E-state index contributed by atoms with van der Waals surface area (Å²) in [4.78, 5) is 14.7. The number of amides is 1. The zero-order valence-corrected chi connectivity index (χ0v) is 17.1. The molecule has 0 atom stereocenters. The summed E-state index contributed by atoms with van der Waals surface area (Å²) in [6.45, 7) is 5.28. The number of rotatable bonds is 5. The standard InChI is InChI=1S/C22H21ClN4O3/c23-16-1-3-20-18(11-16)19(22(28)25-20)12-17-2-4-21(30-17)15-13-24-27(14-15)6-5-26-7-9-29-10-8-26/h1-4,11-14H,5-10H2,(H,25,28). The van der Waals surface area contributed by atoms with Gasteiger partial charge in [0.05, 0.1) is 37.1 Å². The van der Waals surface area contributed by atoms with Crippen LogP contribution in [0.5, 0.6) is 0 Å². The first-order valence-electron chi connectivity index (χ1n) is 9.91. The van der Waals surface area contributed by atoms with Crippen molar-refractivity contribution in [2.24, 2.45) is 0 Å². The maximum Gasteiger partial charge on any atom is 0.256 e. The number of hydrogen-bond donors (Lipinski definition) is 1. The number of fused-ring (bicyclic) bond motifs is 1. The Labute approximate surface area is 178 Å². The minimum Gasteiger partial charge on any atom is -0.457 e. The third-order valence-corrected chi connectivity index (χ3v) is 5.58. The van der Waals surface area contributed by atoms with Crippen molar-refractivity contribution >= 4 is 34.8 Å². The number of carbonyl (C=O) groups is 1. The van der Waals surface area contributed by atoms with Crippen LogP contribution in [-0.4, -0.2) is 53.4 Å². The van der Waals surface area contributed by atoms with Crippen LogP contribution in [0.3, 0.4) is 0 Å². The van der Waals surface area contributed by atoms with Crippen LogP contribution >= 0.6 is 11.6 Å². The van der Waals surface area contributed by atoms with Gasteiger partial charge in [-0.05, 0) is 36.4 Å². The number of furan rings is 1. The van der Waals surface area contributed by atoms with E-state index in [-0.39, 0.29) is 5.91 Å². The van der Waals surface area contributed by atoms with Gasteiger partial charge in [0.25, 0.3) is 5.91 Å². The number of ether oxygens (including phenoxy) is 1. The van der Waals surface area contributed by atoms with Crippen molar-refractivity contribution in [2.45, 2.75) is 6.54 Å². The summed E-state index contributed by atoms with van der Waals surface area (Å²) in [6.07, 6.45) is 5.52. The molecule has 1 saturated heterocycles. The van der Waals surface area contributed by atoms with Gasteiger partial charge in [-0.3, -0.25) is 14.4 Å². The molecule has 1 amide bonds. The number of benzene rings is 1. The van der Waals surface area contributed by atoms with E-state index in [1.165, 1.54) is 0 Å². The van der Waals surface area contributed by atoms with Gasteiger partial charge >= 0.3 is 0 Å². The van der Waals surface area contributed by atoms with Gasteiger partial charge in [-0.2, -0.15) is 5.10 Å². The highest BCUT2D eigenvalue weighted by molar-refractivity contribution is 6.36. The largest absolute Gasteiger partial charge is 0.457 e. The van der Waals surface area contributed by atoms with E-state index in [0.717, 1.165) is 56.2 Å². The summed E-state index contributed by atoms with van der Waals surface area (Å²) in [5.74, 6) is 1.15. The van der Waals surface area contributed by atoms with E-state index >= 15 is 0 Å². The molecule has 30 heavy (non-hydrogen) atoms. The molecule has 3 aromatic rings. The Morgan fingerprint density at radius 1 is 1.17 bits per heavy atom. The van der Waals surface area contributed by atoms with Crippen LogP contribution in [0.15, 0.2) is 47.1 Å². The summed E-state index contributed by atoms with van der Waals surface area (Å²) in [6, 6.07) is 9.08. The fraction of sp³-hybridized carbons (Fsp3) is 0.273. The Kier molecular flexibility index (Phi) is 5.16. The van der Waals surface area contributed by atoms with Crippen LogP contribution in [0.1, 0.15) is 11.3 Å². The highest BCUT2D eigenvalue weighted by Gasteiger charge is 2.24. The average Bonchev–Trinajstić information content (AvgIpc) is 3.48. The molecule has 2 aliphatic heterocycles. The van der Waals surface area contributed by atoms with Crippen molar-refractivity contribution in [3.05, 3.63) is 59.1 Å². The predicted molar refractivity (Wildman–Crippen MR) is 115 cm³/mol. The summed E-state index contributed by atoms with van der Waals surface area (Å²) >= 11 is 6.09. The second-order valence-electron chi connectivity index (χ2n) is 7.35. The zero-order valence-electron chi connectivity index (χ0n) is 16.3. The number of anilines is 1. The van der Waals surface area contributed by atoms with Crippen LogP contribution < -0.4 is 5.32 Å². The number of morpholine rings is 1. The molecule has 1 fully saturated rings. The lowest BCUT2D eigenvalue weighted by Gasteiger charge is -2.26. The highest BCUT2D eigenvalue weighted by Crippen LogP contribution is 2.35. The number of carbonyl (C=O) groups excluding carboxylic acids is 1. The molecule has 2 aromatic heterocycles. The first kappa shape index (κ1) is 19.1. The van der Waals surface area contributed by atoms with Crippen molar-refractivity contribution in [3.63, 3.8) is 0 Å². The Morgan fingerprint density at radius 2 is 2.03 bits per heavy atom. The molecule has 0 spiro atoms. The van der Waals surface area contributed by atoms with Gasteiger partial charge in [-0.15, -0.1) is 0 Å². The van der Waals surface area contributed by atoms with E-state index in [9.17, 15) is 4.79 Å². The average molecular weight is 425 g/mol. The van der Waals surface area contributed by atoms with Gasteiger partial charge in [0.15, 0.2) is 0 Å². The molecule has 154 valence electrons. The fourth-order valence-corrected chi connectivity index (χ4v) is 3.89. The lowest BCUT2D eigenvalue weighted by atomic mass is 10.1. The summed E-state index contributed by atoms with van der Waals surface area (Å²) < 4.78 is 13.3. The molecule has 5 rings (SSSR count). The first-order valence-corrected chi connectivity index (χ1v) is 10.3. The molecule has 0 unspecified atom stereocenters. The van der Waals surface area contributed by atoms with E-state index in [1.54, 1.807) is 30.5 Å². The van der Waals surface area contributed by atoms with Crippen LogP contribution in [0.25, 0.3) is 23.0 Å². The van der Waals surface area contributed by atoms with E-state index < -0.39 is 0 Å². The number of nitrogens with zero attached hydrogens (tertiary/aromatic N) is 3. The Hall–Kier alpha value is -2.87. The van der Waals surface area contributed by atoms with Gasteiger partial charge in [0, 0.05) is 42.1 Å². The van der Waals surface area contributed by atoms with Crippen molar-refractivity contribution in [1.29, 1.82) is 0 Å². The van der Waals surface area contributed by atoms with Crippen LogP contribution in [0.2, 0.25) is 5.02 Å².